The van der Waals surface area contributed by atoms with Crippen LogP contribution < -0.4 is 4.72 Å². The topological polar surface area (TPSA) is 85.1 Å². The zero-order valence-corrected chi connectivity index (χ0v) is 13.1. The summed E-state index contributed by atoms with van der Waals surface area (Å²) in [5, 5.41) is 3.15. The molecule has 0 radical (unpaired) electrons. The number of benzene rings is 1. The van der Waals surface area contributed by atoms with Crippen LogP contribution in [-0.2, 0) is 22.0 Å². The Morgan fingerprint density at radius 1 is 1.35 bits per heavy atom. The molecule has 1 aromatic carbocycles. The van der Waals surface area contributed by atoms with E-state index >= 15 is 0 Å². The van der Waals surface area contributed by atoms with Crippen molar-refractivity contribution in [1.29, 1.82) is 0 Å². The Hall–Kier alpha value is -1.94. The number of aryl methyl sites for hydroxylation is 1. The lowest BCUT2D eigenvalue weighted by molar-refractivity contribution is -0.159. The van der Waals surface area contributed by atoms with E-state index in [4.69, 9.17) is 0 Å². The van der Waals surface area contributed by atoms with E-state index < -0.39 is 28.1 Å². The number of hydrogen-bond acceptors (Lipinski definition) is 5. The first-order valence-electron chi connectivity index (χ1n) is 6.53. The molecule has 1 N–H and O–H groups in total. The number of nitrogens with one attached hydrogen (secondary N) is 1. The van der Waals surface area contributed by atoms with Gasteiger partial charge in [-0.1, -0.05) is 35.0 Å². The first kappa shape index (κ1) is 17.4. The molecule has 0 amide bonds. The summed E-state index contributed by atoms with van der Waals surface area (Å²) in [5.74, 6) is -2.20. The third kappa shape index (κ3) is 4.76. The Balaban J connectivity index is 2.09. The molecule has 0 aliphatic heterocycles. The van der Waals surface area contributed by atoms with Crippen molar-refractivity contribution in [2.24, 2.45) is 0 Å². The summed E-state index contributed by atoms with van der Waals surface area (Å²) in [6.45, 7) is 3.16. The normalized spacial score (nSPS) is 14.0. The quantitative estimate of drug-likeness (QED) is 0.897. The van der Waals surface area contributed by atoms with Gasteiger partial charge in [0.05, 0.1) is 11.8 Å². The van der Waals surface area contributed by atoms with Gasteiger partial charge in [-0.15, -0.1) is 0 Å². The van der Waals surface area contributed by atoms with Gasteiger partial charge in [0.2, 0.25) is 10.0 Å². The number of hydrogen-bond donors (Lipinski definition) is 1. The second-order valence-corrected chi connectivity index (χ2v) is 6.80. The fraction of sp³-hybridized carbons (Fsp3) is 0.385. The minimum absolute atomic E-state index is 0.303. The van der Waals surface area contributed by atoms with E-state index in [0.29, 0.717) is 5.56 Å². The second-order valence-electron chi connectivity index (χ2n) is 5.04. The van der Waals surface area contributed by atoms with Crippen molar-refractivity contribution >= 4 is 10.0 Å². The summed E-state index contributed by atoms with van der Waals surface area (Å²) in [6, 6.07) is 5.85. The van der Waals surface area contributed by atoms with Crippen molar-refractivity contribution in [1.82, 2.24) is 14.9 Å². The summed E-state index contributed by atoms with van der Waals surface area (Å²) in [7, 11) is -3.78. The highest BCUT2D eigenvalue weighted by atomic mass is 32.2. The van der Waals surface area contributed by atoms with E-state index in [1.54, 1.807) is 18.2 Å². The third-order valence-electron chi connectivity index (χ3n) is 2.87. The van der Waals surface area contributed by atoms with Crippen LogP contribution in [0.25, 0.3) is 0 Å². The molecule has 2 rings (SSSR count). The fourth-order valence-corrected chi connectivity index (χ4v) is 3.26. The van der Waals surface area contributed by atoms with Crippen LogP contribution in [-0.4, -0.2) is 18.6 Å². The van der Waals surface area contributed by atoms with Crippen molar-refractivity contribution in [2.45, 2.75) is 31.8 Å². The Morgan fingerprint density at radius 2 is 2.04 bits per heavy atom. The molecule has 1 atom stereocenters. The zero-order chi connectivity index (χ0) is 17.3. The number of alkyl halides is 3. The van der Waals surface area contributed by atoms with Gasteiger partial charge in [0.25, 0.3) is 0 Å². The molecule has 126 valence electrons. The Morgan fingerprint density at radius 3 is 2.61 bits per heavy atom. The molecule has 0 saturated heterocycles. The fourth-order valence-electron chi connectivity index (χ4n) is 1.91. The van der Waals surface area contributed by atoms with Crippen LogP contribution in [0.15, 0.2) is 28.8 Å². The number of halogens is 3. The van der Waals surface area contributed by atoms with Gasteiger partial charge in [-0.3, -0.25) is 0 Å². The van der Waals surface area contributed by atoms with Crippen molar-refractivity contribution < 1.29 is 26.1 Å². The molecule has 0 fully saturated rings. The lowest BCUT2D eigenvalue weighted by Crippen LogP contribution is -2.28. The summed E-state index contributed by atoms with van der Waals surface area (Å²) in [6.07, 6.45) is -4.77. The molecule has 10 heteroatoms. The van der Waals surface area contributed by atoms with Gasteiger partial charge in [0.15, 0.2) is 5.82 Å². The van der Waals surface area contributed by atoms with Crippen molar-refractivity contribution in [3.63, 3.8) is 0 Å². The maximum atomic E-state index is 12.4. The number of sulfonamides is 1. The summed E-state index contributed by atoms with van der Waals surface area (Å²) in [4.78, 5) is 3.16. The molecule has 0 aliphatic carbocycles. The van der Waals surface area contributed by atoms with Gasteiger partial charge in [0, 0.05) is 0 Å². The molecule has 2 aromatic rings. The third-order valence-corrected chi connectivity index (χ3v) is 4.29. The van der Waals surface area contributed by atoms with Crippen LogP contribution >= 0.6 is 0 Å². The predicted octanol–water partition coefficient (Wildman–Crippen LogP) is 2.58. The Labute approximate surface area is 130 Å². The molecular formula is C13H14F3N3O3S. The molecule has 0 aliphatic rings. The van der Waals surface area contributed by atoms with Gasteiger partial charge in [-0.25, -0.2) is 13.1 Å². The van der Waals surface area contributed by atoms with Crippen LogP contribution in [0.1, 0.15) is 35.8 Å². The van der Waals surface area contributed by atoms with Gasteiger partial charge < -0.3 is 4.52 Å². The van der Waals surface area contributed by atoms with Crippen molar-refractivity contribution in [3.05, 3.63) is 47.1 Å². The number of rotatable bonds is 5. The van der Waals surface area contributed by atoms with E-state index in [1.807, 2.05) is 13.0 Å². The number of nitrogens with zero attached hydrogens (tertiary/aromatic N) is 2. The lowest BCUT2D eigenvalue weighted by Gasteiger charge is -2.11. The van der Waals surface area contributed by atoms with Crippen LogP contribution in [0.5, 0.6) is 0 Å². The maximum absolute atomic E-state index is 12.4. The van der Waals surface area contributed by atoms with Crippen molar-refractivity contribution in [3.8, 4) is 0 Å². The van der Waals surface area contributed by atoms with Crippen LogP contribution in [0.2, 0.25) is 0 Å². The first-order chi connectivity index (χ1) is 10.6. The summed E-state index contributed by atoms with van der Waals surface area (Å²) < 4.78 is 67.6. The highest BCUT2D eigenvalue weighted by Crippen LogP contribution is 2.28. The van der Waals surface area contributed by atoms with Crippen LogP contribution in [0.4, 0.5) is 13.2 Å². The molecule has 0 saturated carbocycles. The average molecular weight is 349 g/mol. The average Bonchev–Trinajstić information content (AvgIpc) is 2.86. The molecule has 0 bridgehead atoms. The second kappa shape index (κ2) is 6.28. The zero-order valence-electron chi connectivity index (χ0n) is 12.3. The minimum Gasteiger partial charge on any atom is -0.329 e. The lowest BCUT2D eigenvalue weighted by atomic mass is 10.2. The molecule has 23 heavy (non-hydrogen) atoms. The monoisotopic (exact) mass is 349 g/mol. The standard InChI is InChI=1S/C13H14F3N3O3S/c1-8-4-3-5-10(6-8)7-23(20,21)19-9(2)11-17-12(22-18-11)13(14,15)16/h3-6,9,19H,7H2,1-2H3. The van der Waals surface area contributed by atoms with Crippen molar-refractivity contribution in [2.75, 3.05) is 0 Å². The Kier molecular flexibility index (Phi) is 4.76. The highest BCUT2D eigenvalue weighted by Gasteiger charge is 2.39. The Bertz CT molecular complexity index is 787. The molecule has 1 heterocycles. The minimum atomic E-state index is -4.77. The molecule has 1 unspecified atom stereocenters. The number of aromatic nitrogens is 2. The largest absolute Gasteiger partial charge is 0.471 e. The van der Waals surface area contributed by atoms with Gasteiger partial charge in [-0.05, 0) is 19.4 Å². The van der Waals surface area contributed by atoms with E-state index in [-0.39, 0.29) is 11.6 Å². The smallest absolute Gasteiger partial charge is 0.329 e. The molecule has 1 aromatic heterocycles. The van der Waals surface area contributed by atoms with Crippen LogP contribution in [0.3, 0.4) is 0 Å². The first-order valence-corrected chi connectivity index (χ1v) is 8.18. The SMILES string of the molecule is Cc1cccc(CS(=O)(=O)NC(C)c2noc(C(F)(F)F)n2)c1. The maximum Gasteiger partial charge on any atom is 0.471 e. The highest BCUT2D eigenvalue weighted by molar-refractivity contribution is 7.88. The van der Waals surface area contributed by atoms with Gasteiger partial charge in [-0.2, -0.15) is 18.2 Å². The van der Waals surface area contributed by atoms with E-state index in [9.17, 15) is 21.6 Å². The van der Waals surface area contributed by atoms with E-state index in [1.165, 1.54) is 6.92 Å². The van der Waals surface area contributed by atoms with E-state index in [0.717, 1.165) is 5.56 Å². The summed E-state index contributed by atoms with van der Waals surface area (Å²) >= 11 is 0. The molecule has 0 spiro atoms. The van der Waals surface area contributed by atoms with Gasteiger partial charge in [0.1, 0.15) is 0 Å². The summed E-state index contributed by atoms with van der Waals surface area (Å²) in [5.41, 5.74) is 1.47. The molecular weight excluding hydrogens is 335 g/mol. The van der Waals surface area contributed by atoms with Gasteiger partial charge >= 0.3 is 12.1 Å². The van der Waals surface area contributed by atoms with Crippen LogP contribution in [0, 0.1) is 6.92 Å². The van der Waals surface area contributed by atoms with E-state index in [2.05, 4.69) is 19.4 Å². The molecule has 6 nitrogen and oxygen atoms in total. The predicted molar refractivity (Wildman–Crippen MR) is 74.7 cm³/mol.